The van der Waals surface area contributed by atoms with Crippen LogP contribution in [0.5, 0.6) is 0 Å². The highest BCUT2D eigenvalue weighted by Gasteiger charge is 2.22. The van der Waals surface area contributed by atoms with E-state index in [9.17, 15) is 5.11 Å². The van der Waals surface area contributed by atoms with Gasteiger partial charge in [0.2, 0.25) is 0 Å². The van der Waals surface area contributed by atoms with Crippen LogP contribution in [-0.2, 0) is 6.42 Å². The lowest BCUT2D eigenvalue weighted by atomic mass is 10.0. The van der Waals surface area contributed by atoms with Gasteiger partial charge in [-0.2, -0.15) is 0 Å². The summed E-state index contributed by atoms with van der Waals surface area (Å²) < 4.78 is 5.48. The Labute approximate surface area is 98.0 Å². The molecule has 2 rings (SSSR count). The Morgan fingerprint density at radius 2 is 2.31 bits per heavy atom. The second-order valence-corrected chi connectivity index (χ2v) is 4.53. The third-order valence-electron chi connectivity index (χ3n) is 2.37. The molecule has 0 aliphatic carbocycles. The SMILES string of the molecule is CC(O)(CN)Cc1nc2ccc(Cl)cc2o1. The highest BCUT2D eigenvalue weighted by Crippen LogP contribution is 2.22. The predicted molar refractivity (Wildman–Crippen MR) is 62.4 cm³/mol. The van der Waals surface area contributed by atoms with Gasteiger partial charge in [-0.25, -0.2) is 4.98 Å². The van der Waals surface area contributed by atoms with E-state index in [2.05, 4.69) is 4.98 Å². The second-order valence-electron chi connectivity index (χ2n) is 4.10. The van der Waals surface area contributed by atoms with Crippen LogP contribution in [0.15, 0.2) is 22.6 Å². The van der Waals surface area contributed by atoms with Crippen molar-refractivity contribution in [2.24, 2.45) is 5.73 Å². The summed E-state index contributed by atoms with van der Waals surface area (Å²) in [7, 11) is 0. The fourth-order valence-corrected chi connectivity index (χ4v) is 1.58. The summed E-state index contributed by atoms with van der Waals surface area (Å²) in [5.41, 5.74) is 5.79. The van der Waals surface area contributed by atoms with Crippen LogP contribution in [-0.4, -0.2) is 22.2 Å². The van der Waals surface area contributed by atoms with Crippen LogP contribution in [0.4, 0.5) is 0 Å². The third kappa shape index (κ3) is 2.35. The highest BCUT2D eigenvalue weighted by molar-refractivity contribution is 6.31. The molecule has 0 aliphatic rings. The summed E-state index contributed by atoms with van der Waals surface area (Å²) in [5.74, 6) is 0.465. The molecule has 0 saturated heterocycles. The number of aromatic nitrogens is 1. The number of benzene rings is 1. The lowest BCUT2D eigenvalue weighted by molar-refractivity contribution is 0.0632. The van der Waals surface area contributed by atoms with E-state index in [0.717, 1.165) is 5.52 Å². The van der Waals surface area contributed by atoms with E-state index in [-0.39, 0.29) is 13.0 Å². The molecule has 3 N–H and O–H groups in total. The number of nitrogens with zero attached hydrogens (tertiary/aromatic N) is 1. The van der Waals surface area contributed by atoms with Gasteiger partial charge in [-0.3, -0.25) is 0 Å². The van der Waals surface area contributed by atoms with E-state index >= 15 is 0 Å². The molecule has 5 heteroatoms. The van der Waals surface area contributed by atoms with Crippen LogP contribution in [0.1, 0.15) is 12.8 Å². The molecular formula is C11H13ClN2O2. The Morgan fingerprint density at radius 3 is 3.00 bits per heavy atom. The van der Waals surface area contributed by atoms with Crippen molar-refractivity contribution in [1.82, 2.24) is 4.98 Å². The van der Waals surface area contributed by atoms with E-state index < -0.39 is 5.60 Å². The summed E-state index contributed by atoms with van der Waals surface area (Å²) in [6.45, 7) is 1.81. The molecule has 0 bridgehead atoms. The van der Waals surface area contributed by atoms with Crippen molar-refractivity contribution < 1.29 is 9.52 Å². The fraction of sp³-hybridized carbons (Fsp3) is 0.364. The van der Waals surface area contributed by atoms with Gasteiger partial charge in [0.05, 0.1) is 12.0 Å². The molecule has 1 unspecified atom stereocenters. The van der Waals surface area contributed by atoms with Crippen molar-refractivity contribution in [1.29, 1.82) is 0 Å². The first-order chi connectivity index (χ1) is 7.50. The number of aliphatic hydroxyl groups is 1. The van der Waals surface area contributed by atoms with Gasteiger partial charge >= 0.3 is 0 Å². The number of fused-ring (bicyclic) bond motifs is 1. The van der Waals surface area contributed by atoms with Crippen molar-refractivity contribution in [3.63, 3.8) is 0 Å². The minimum absolute atomic E-state index is 0.159. The summed E-state index contributed by atoms with van der Waals surface area (Å²) >= 11 is 5.83. The van der Waals surface area contributed by atoms with Gasteiger partial charge in [-0.15, -0.1) is 0 Å². The Balaban J connectivity index is 2.33. The van der Waals surface area contributed by atoms with Gasteiger partial charge < -0.3 is 15.3 Å². The molecule has 1 aromatic carbocycles. The maximum absolute atomic E-state index is 9.81. The molecule has 4 nitrogen and oxygen atoms in total. The standard InChI is InChI=1S/C11H13ClN2O2/c1-11(15,6-13)5-10-14-8-3-2-7(12)4-9(8)16-10/h2-4,15H,5-6,13H2,1H3. The highest BCUT2D eigenvalue weighted by atomic mass is 35.5. The molecule has 1 heterocycles. The van der Waals surface area contributed by atoms with Crippen LogP contribution in [0.25, 0.3) is 11.1 Å². The summed E-state index contributed by atoms with van der Waals surface area (Å²) in [4.78, 5) is 4.25. The molecule has 0 saturated carbocycles. The number of oxazole rings is 1. The van der Waals surface area contributed by atoms with Crippen LogP contribution >= 0.6 is 11.6 Å². The average molecular weight is 241 g/mol. The molecule has 1 atom stereocenters. The lowest BCUT2D eigenvalue weighted by Gasteiger charge is -2.18. The van der Waals surface area contributed by atoms with Crippen LogP contribution < -0.4 is 5.73 Å². The topological polar surface area (TPSA) is 72.3 Å². The van der Waals surface area contributed by atoms with Crippen molar-refractivity contribution in [3.8, 4) is 0 Å². The Bertz CT molecular complexity index is 508. The second kappa shape index (κ2) is 4.05. The Hall–Kier alpha value is -1.10. The molecule has 2 aromatic rings. The van der Waals surface area contributed by atoms with Gasteiger partial charge in [-0.1, -0.05) is 11.6 Å². The fourth-order valence-electron chi connectivity index (χ4n) is 1.42. The van der Waals surface area contributed by atoms with Gasteiger partial charge in [0.25, 0.3) is 0 Å². The Kier molecular flexibility index (Phi) is 2.88. The zero-order valence-electron chi connectivity index (χ0n) is 8.90. The maximum Gasteiger partial charge on any atom is 0.198 e. The molecule has 0 radical (unpaired) electrons. The minimum Gasteiger partial charge on any atom is -0.441 e. The number of nitrogens with two attached hydrogens (primary N) is 1. The number of halogens is 1. The average Bonchev–Trinajstić information content (AvgIpc) is 2.58. The quantitative estimate of drug-likeness (QED) is 0.857. The largest absolute Gasteiger partial charge is 0.441 e. The number of hydrogen-bond acceptors (Lipinski definition) is 4. The first-order valence-electron chi connectivity index (χ1n) is 4.97. The predicted octanol–water partition coefficient (Wildman–Crippen LogP) is 1.73. The van der Waals surface area contributed by atoms with E-state index in [0.29, 0.717) is 16.5 Å². The summed E-state index contributed by atoms with van der Waals surface area (Å²) in [6.07, 6.45) is 0.287. The number of rotatable bonds is 3. The van der Waals surface area contributed by atoms with Crippen molar-refractivity contribution >= 4 is 22.7 Å². The monoisotopic (exact) mass is 240 g/mol. The van der Waals surface area contributed by atoms with E-state index in [1.54, 1.807) is 25.1 Å². The van der Waals surface area contributed by atoms with Crippen LogP contribution in [0.2, 0.25) is 5.02 Å². The normalized spacial score (nSPS) is 15.2. The summed E-state index contributed by atoms with van der Waals surface area (Å²) in [5, 5.41) is 10.4. The first-order valence-corrected chi connectivity index (χ1v) is 5.35. The van der Waals surface area contributed by atoms with Gasteiger partial charge in [-0.05, 0) is 19.1 Å². The molecule has 0 spiro atoms. The van der Waals surface area contributed by atoms with Crippen molar-refractivity contribution in [3.05, 3.63) is 29.1 Å². The molecule has 0 fully saturated rings. The molecule has 86 valence electrons. The molecular weight excluding hydrogens is 228 g/mol. The summed E-state index contributed by atoms with van der Waals surface area (Å²) in [6, 6.07) is 5.23. The first kappa shape index (κ1) is 11.4. The molecule has 0 aliphatic heterocycles. The smallest absolute Gasteiger partial charge is 0.198 e. The van der Waals surface area contributed by atoms with E-state index in [1.807, 2.05) is 0 Å². The lowest BCUT2D eigenvalue weighted by Crippen LogP contribution is -2.36. The third-order valence-corrected chi connectivity index (χ3v) is 2.60. The molecule has 16 heavy (non-hydrogen) atoms. The zero-order valence-corrected chi connectivity index (χ0v) is 9.66. The van der Waals surface area contributed by atoms with Crippen LogP contribution in [0.3, 0.4) is 0 Å². The zero-order chi connectivity index (χ0) is 11.8. The molecule has 0 amide bonds. The van der Waals surface area contributed by atoms with E-state index in [4.69, 9.17) is 21.8 Å². The van der Waals surface area contributed by atoms with Gasteiger partial charge in [0.1, 0.15) is 5.52 Å². The van der Waals surface area contributed by atoms with Gasteiger partial charge in [0, 0.05) is 17.6 Å². The van der Waals surface area contributed by atoms with E-state index in [1.165, 1.54) is 0 Å². The van der Waals surface area contributed by atoms with Crippen molar-refractivity contribution in [2.75, 3.05) is 6.54 Å². The maximum atomic E-state index is 9.81. The van der Waals surface area contributed by atoms with Gasteiger partial charge in [0.15, 0.2) is 11.5 Å². The molecule has 1 aromatic heterocycles. The minimum atomic E-state index is -0.995. The van der Waals surface area contributed by atoms with Crippen molar-refractivity contribution in [2.45, 2.75) is 18.9 Å². The van der Waals surface area contributed by atoms with Crippen LogP contribution in [0, 0.1) is 0 Å². The number of hydrogen-bond donors (Lipinski definition) is 2. The Morgan fingerprint density at radius 1 is 1.56 bits per heavy atom.